The number of likely N-dealkylation sites (tertiary alicyclic amines) is 1. The molecule has 2 aliphatic heterocycles. The summed E-state index contributed by atoms with van der Waals surface area (Å²) >= 11 is 0. The Morgan fingerprint density at radius 1 is 1.08 bits per heavy atom. The molecule has 0 unspecified atom stereocenters. The van der Waals surface area contributed by atoms with Crippen LogP contribution in [0.2, 0.25) is 0 Å². The van der Waals surface area contributed by atoms with Gasteiger partial charge < -0.3 is 14.2 Å². The molecule has 6 heteroatoms. The van der Waals surface area contributed by atoms with Crippen LogP contribution in [0.25, 0.3) is 0 Å². The zero-order valence-corrected chi connectivity index (χ0v) is 14.9. The molecule has 24 heavy (non-hydrogen) atoms. The predicted octanol–water partition coefficient (Wildman–Crippen LogP) is 2.75. The molecule has 0 N–H and O–H groups in total. The van der Waals surface area contributed by atoms with Crippen molar-refractivity contribution in [3.8, 4) is 0 Å². The average molecular weight is 333 g/mol. The lowest BCUT2D eigenvalue weighted by molar-refractivity contribution is 0.00578. The standard InChI is InChI=1S/C18H25BFNO3/c1-17(2)18(3,4)24-19(23-17)13-8-9-14(15(20)12-13)16(22)21-10-6-5-7-11-21/h8-9,12H,5-7,10-11H2,1-4H3. The van der Waals surface area contributed by atoms with Crippen molar-refractivity contribution in [3.05, 3.63) is 29.6 Å². The molecule has 1 amide bonds. The van der Waals surface area contributed by atoms with Crippen molar-refractivity contribution >= 4 is 18.5 Å². The van der Waals surface area contributed by atoms with Crippen LogP contribution < -0.4 is 5.46 Å². The maximum Gasteiger partial charge on any atom is 0.494 e. The summed E-state index contributed by atoms with van der Waals surface area (Å²) in [4.78, 5) is 14.2. The summed E-state index contributed by atoms with van der Waals surface area (Å²) in [7, 11) is -0.622. The molecule has 1 aromatic carbocycles. The van der Waals surface area contributed by atoms with Gasteiger partial charge in [-0.15, -0.1) is 0 Å². The van der Waals surface area contributed by atoms with Crippen LogP contribution in [0.4, 0.5) is 4.39 Å². The van der Waals surface area contributed by atoms with Crippen LogP contribution in [-0.4, -0.2) is 42.2 Å². The van der Waals surface area contributed by atoms with E-state index >= 15 is 0 Å². The van der Waals surface area contributed by atoms with Crippen molar-refractivity contribution in [3.63, 3.8) is 0 Å². The molecule has 0 bridgehead atoms. The molecule has 2 saturated heterocycles. The van der Waals surface area contributed by atoms with E-state index in [9.17, 15) is 9.18 Å². The molecular weight excluding hydrogens is 308 g/mol. The van der Waals surface area contributed by atoms with Gasteiger partial charge in [-0.3, -0.25) is 4.79 Å². The lowest BCUT2D eigenvalue weighted by Crippen LogP contribution is -2.41. The second-order valence-corrected chi connectivity index (χ2v) is 7.68. The maximum absolute atomic E-state index is 14.5. The molecule has 130 valence electrons. The van der Waals surface area contributed by atoms with Crippen molar-refractivity contribution in [2.75, 3.05) is 13.1 Å². The number of carbonyl (C=O) groups is 1. The van der Waals surface area contributed by atoms with E-state index in [2.05, 4.69) is 0 Å². The van der Waals surface area contributed by atoms with Gasteiger partial charge in [0.15, 0.2) is 0 Å². The zero-order chi connectivity index (χ0) is 17.5. The summed E-state index contributed by atoms with van der Waals surface area (Å²) in [6.07, 6.45) is 3.10. The SMILES string of the molecule is CC1(C)OB(c2ccc(C(=O)N3CCCCC3)c(F)c2)OC1(C)C. The van der Waals surface area contributed by atoms with Gasteiger partial charge in [0, 0.05) is 13.1 Å². The fourth-order valence-electron chi connectivity index (χ4n) is 3.10. The van der Waals surface area contributed by atoms with Crippen molar-refractivity contribution in [1.29, 1.82) is 0 Å². The first-order chi connectivity index (χ1) is 11.2. The zero-order valence-electron chi connectivity index (χ0n) is 14.9. The summed E-state index contributed by atoms with van der Waals surface area (Å²) in [5.74, 6) is -0.745. The molecule has 2 heterocycles. The molecular formula is C18H25BFNO3. The number of hydrogen-bond acceptors (Lipinski definition) is 3. The summed E-state index contributed by atoms with van der Waals surface area (Å²) in [5, 5.41) is 0. The van der Waals surface area contributed by atoms with E-state index in [4.69, 9.17) is 9.31 Å². The summed E-state index contributed by atoms with van der Waals surface area (Å²) < 4.78 is 26.4. The first-order valence-electron chi connectivity index (χ1n) is 8.66. The van der Waals surface area contributed by atoms with Crippen molar-refractivity contribution < 1.29 is 18.5 Å². The number of carbonyl (C=O) groups excluding carboxylic acids is 1. The van der Waals surface area contributed by atoms with Crippen LogP contribution in [0, 0.1) is 5.82 Å². The van der Waals surface area contributed by atoms with Gasteiger partial charge in [-0.1, -0.05) is 6.07 Å². The van der Waals surface area contributed by atoms with E-state index in [0.717, 1.165) is 19.3 Å². The molecule has 0 atom stereocenters. The Labute approximate surface area is 143 Å². The number of piperidine rings is 1. The van der Waals surface area contributed by atoms with E-state index in [0.29, 0.717) is 18.6 Å². The average Bonchev–Trinajstić information content (AvgIpc) is 2.75. The third-order valence-electron chi connectivity index (χ3n) is 5.39. The predicted molar refractivity (Wildman–Crippen MR) is 91.9 cm³/mol. The van der Waals surface area contributed by atoms with E-state index in [1.165, 1.54) is 6.07 Å². The van der Waals surface area contributed by atoms with E-state index in [1.807, 2.05) is 27.7 Å². The van der Waals surface area contributed by atoms with Gasteiger partial charge in [0.25, 0.3) is 5.91 Å². The highest BCUT2D eigenvalue weighted by Gasteiger charge is 2.51. The Morgan fingerprint density at radius 3 is 2.21 bits per heavy atom. The van der Waals surface area contributed by atoms with Gasteiger partial charge in [0.1, 0.15) is 5.82 Å². The fourth-order valence-corrected chi connectivity index (χ4v) is 3.10. The van der Waals surface area contributed by atoms with E-state index in [1.54, 1.807) is 17.0 Å². The molecule has 2 aliphatic rings. The van der Waals surface area contributed by atoms with Gasteiger partial charge >= 0.3 is 7.12 Å². The van der Waals surface area contributed by atoms with Crippen molar-refractivity contribution in [1.82, 2.24) is 4.90 Å². The Hall–Kier alpha value is -1.40. The number of halogens is 1. The Bertz CT molecular complexity index is 625. The third-order valence-corrected chi connectivity index (χ3v) is 5.39. The van der Waals surface area contributed by atoms with Gasteiger partial charge in [-0.05, 0) is 64.6 Å². The monoisotopic (exact) mass is 333 g/mol. The van der Waals surface area contributed by atoms with Crippen LogP contribution in [0.1, 0.15) is 57.3 Å². The van der Waals surface area contributed by atoms with Crippen LogP contribution in [-0.2, 0) is 9.31 Å². The first kappa shape index (κ1) is 17.4. The maximum atomic E-state index is 14.5. The Kier molecular flexibility index (Phi) is 4.47. The minimum Gasteiger partial charge on any atom is -0.399 e. The highest BCUT2D eigenvalue weighted by atomic mass is 19.1. The number of hydrogen-bond donors (Lipinski definition) is 0. The fraction of sp³-hybridized carbons (Fsp3) is 0.611. The Balaban J connectivity index is 1.79. The molecule has 0 radical (unpaired) electrons. The number of amides is 1. The van der Waals surface area contributed by atoms with Gasteiger partial charge in [-0.2, -0.15) is 0 Å². The van der Waals surface area contributed by atoms with Crippen molar-refractivity contribution in [2.45, 2.75) is 58.2 Å². The highest BCUT2D eigenvalue weighted by molar-refractivity contribution is 6.62. The third kappa shape index (κ3) is 3.09. The van der Waals surface area contributed by atoms with E-state index < -0.39 is 24.1 Å². The highest BCUT2D eigenvalue weighted by Crippen LogP contribution is 2.36. The van der Waals surface area contributed by atoms with Crippen LogP contribution in [0.15, 0.2) is 18.2 Å². The smallest absolute Gasteiger partial charge is 0.399 e. The van der Waals surface area contributed by atoms with Gasteiger partial charge in [0.05, 0.1) is 16.8 Å². The van der Waals surface area contributed by atoms with Crippen LogP contribution >= 0.6 is 0 Å². The molecule has 0 aromatic heterocycles. The lowest BCUT2D eigenvalue weighted by atomic mass is 9.78. The number of nitrogens with zero attached hydrogens (tertiary/aromatic N) is 1. The second kappa shape index (κ2) is 6.15. The topological polar surface area (TPSA) is 38.8 Å². The number of rotatable bonds is 2. The van der Waals surface area contributed by atoms with Gasteiger partial charge in [-0.25, -0.2) is 4.39 Å². The van der Waals surface area contributed by atoms with Crippen molar-refractivity contribution in [2.24, 2.45) is 0 Å². The minimum atomic E-state index is -0.622. The first-order valence-corrected chi connectivity index (χ1v) is 8.66. The summed E-state index contributed by atoms with van der Waals surface area (Å²) in [5.41, 5.74) is -0.231. The van der Waals surface area contributed by atoms with Gasteiger partial charge in [0.2, 0.25) is 0 Å². The minimum absolute atomic E-state index is 0.122. The Morgan fingerprint density at radius 2 is 1.67 bits per heavy atom. The molecule has 2 fully saturated rings. The molecule has 4 nitrogen and oxygen atoms in total. The van der Waals surface area contributed by atoms with E-state index in [-0.39, 0.29) is 11.5 Å². The normalized spacial score (nSPS) is 22.7. The largest absolute Gasteiger partial charge is 0.494 e. The lowest BCUT2D eigenvalue weighted by Gasteiger charge is -2.32. The van der Waals surface area contributed by atoms with Crippen LogP contribution in [0.3, 0.4) is 0 Å². The number of benzene rings is 1. The second-order valence-electron chi connectivity index (χ2n) is 7.68. The quantitative estimate of drug-likeness (QED) is 0.781. The molecule has 1 aromatic rings. The molecule has 0 aliphatic carbocycles. The molecule has 0 saturated carbocycles. The summed E-state index contributed by atoms with van der Waals surface area (Å²) in [6, 6.07) is 4.63. The van der Waals surface area contributed by atoms with Crippen LogP contribution in [0.5, 0.6) is 0 Å². The molecule has 0 spiro atoms. The summed E-state index contributed by atoms with van der Waals surface area (Å²) in [6.45, 7) is 9.24. The molecule has 3 rings (SSSR count).